The van der Waals surface area contributed by atoms with Crippen molar-refractivity contribution in [2.75, 3.05) is 13.1 Å². The van der Waals surface area contributed by atoms with Crippen molar-refractivity contribution in [1.82, 2.24) is 19.1 Å². The van der Waals surface area contributed by atoms with E-state index in [-0.39, 0.29) is 6.04 Å². The molecule has 24 heavy (non-hydrogen) atoms. The van der Waals surface area contributed by atoms with Crippen molar-refractivity contribution < 1.29 is 8.42 Å². The fraction of sp³-hybridized carbons (Fsp3) is 0.529. The van der Waals surface area contributed by atoms with Crippen molar-refractivity contribution in [3.63, 3.8) is 0 Å². The predicted molar refractivity (Wildman–Crippen MR) is 92.3 cm³/mol. The minimum atomic E-state index is -3.41. The van der Waals surface area contributed by atoms with Crippen molar-refractivity contribution >= 4 is 10.0 Å². The normalized spacial score (nSPS) is 17.5. The molecule has 1 aliphatic heterocycles. The molecule has 0 saturated carbocycles. The van der Waals surface area contributed by atoms with Gasteiger partial charge in [-0.25, -0.2) is 8.42 Å². The molecule has 1 aromatic carbocycles. The Morgan fingerprint density at radius 1 is 1.12 bits per heavy atom. The van der Waals surface area contributed by atoms with Gasteiger partial charge in [-0.3, -0.25) is 0 Å². The molecule has 1 fully saturated rings. The Morgan fingerprint density at radius 2 is 1.75 bits per heavy atom. The van der Waals surface area contributed by atoms with Gasteiger partial charge in [-0.05, 0) is 43.4 Å². The SMILES string of the molecule is Cc1nncn1C1CCN(S(=O)(=O)c2ccc(C(C)C)cc2)CC1. The second-order valence-corrected chi connectivity index (χ2v) is 8.58. The second-order valence-electron chi connectivity index (χ2n) is 6.64. The topological polar surface area (TPSA) is 68.1 Å². The molecule has 0 atom stereocenters. The summed E-state index contributed by atoms with van der Waals surface area (Å²) in [6.45, 7) is 7.17. The average molecular weight is 348 g/mol. The lowest BCUT2D eigenvalue weighted by Gasteiger charge is -2.32. The zero-order valence-electron chi connectivity index (χ0n) is 14.4. The number of sulfonamides is 1. The third-order valence-electron chi connectivity index (χ3n) is 4.75. The van der Waals surface area contributed by atoms with Gasteiger partial charge in [-0.2, -0.15) is 4.31 Å². The highest BCUT2D eigenvalue weighted by Gasteiger charge is 2.30. The van der Waals surface area contributed by atoms with E-state index in [2.05, 4.69) is 24.0 Å². The number of piperidine rings is 1. The summed E-state index contributed by atoms with van der Waals surface area (Å²) in [5.41, 5.74) is 1.15. The van der Waals surface area contributed by atoms with Crippen LogP contribution in [0, 0.1) is 6.92 Å². The molecule has 7 heteroatoms. The van der Waals surface area contributed by atoms with Gasteiger partial charge in [0, 0.05) is 19.1 Å². The first-order chi connectivity index (χ1) is 11.4. The fourth-order valence-corrected chi connectivity index (χ4v) is 4.66. The van der Waals surface area contributed by atoms with Crippen LogP contribution in [0.4, 0.5) is 0 Å². The van der Waals surface area contributed by atoms with Crippen LogP contribution in [0.2, 0.25) is 0 Å². The molecule has 0 bridgehead atoms. The zero-order chi connectivity index (χ0) is 17.3. The highest BCUT2D eigenvalue weighted by molar-refractivity contribution is 7.89. The third kappa shape index (κ3) is 3.23. The van der Waals surface area contributed by atoms with Crippen LogP contribution in [0.1, 0.15) is 50.0 Å². The number of benzene rings is 1. The molecule has 1 saturated heterocycles. The van der Waals surface area contributed by atoms with Crippen molar-refractivity contribution in [2.45, 2.75) is 50.5 Å². The molecule has 2 heterocycles. The van der Waals surface area contributed by atoms with Crippen LogP contribution in [0.3, 0.4) is 0 Å². The summed E-state index contributed by atoms with van der Waals surface area (Å²) >= 11 is 0. The molecule has 2 aromatic rings. The minimum Gasteiger partial charge on any atom is -0.315 e. The minimum absolute atomic E-state index is 0.273. The van der Waals surface area contributed by atoms with E-state index >= 15 is 0 Å². The van der Waals surface area contributed by atoms with Gasteiger partial charge in [0.15, 0.2) is 0 Å². The molecular weight excluding hydrogens is 324 g/mol. The highest BCUT2D eigenvalue weighted by Crippen LogP contribution is 2.28. The summed E-state index contributed by atoms with van der Waals surface area (Å²) in [6.07, 6.45) is 3.29. The highest BCUT2D eigenvalue weighted by atomic mass is 32.2. The van der Waals surface area contributed by atoms with Crippen molar-refractivity contribution in [3.05, 3.63) is 42.0 Å². The van der Waals surface area contributed by atoms with Gasteiger partial charge in [0.1, 0.15) is 12.2 Å². The van der Waals surface area contributed by atoms with Crippen LogP contribution in [0.15, 0.2) is 35.5 Å². The fourth-order valence-electron chi connectivity index (χ4n) is 3.19. The number of aryl methyl sites for hydroxylation is 1. The summed E-state index contributed by atoms with van der Waals surface area (Å²) < 4.78 is 29.3. The number of nitrogens with zero attached hydrogens (tertiary/aromatic N) is 4. The van der Waals surface area contributed by atoms with E-state index in [1.165, 1.54) is 0 Å². The van der Waals surface area contributed by atoms with Gasteiger partial charge in [0.05, 0.1) is 4.90 Å². The van der Waals surface area contributed by atoms with Crippen LogP contribution in [-0.2, 0) is 10.0 Å². The first-order valence-electron chi connectivity index (χ1n) is 8.36. The van der Waals surface area contributed by atoms with Crippen molar-refractivity contribution in [2.24, 2.45) is 0 Å². The smallest absolute Gasteiger partial charge is 0.243 e. The molecule has 130 valence electrons. The largest absolute Gasteiger partial charge is 0.315 e. The molecule has 0 radical (unpaired) electrons. The molecule has 1 aromatic heterocycles. The molecule has 6 nitrogen and oxygen atoms in total. The van der Waals surface area contributed by atoms with E-state index < -0.39 is 10.0 Å². The van der Waals surface area contributed by atoms with E-state index in [0.29, 0.717) is 23.9 Å². The summed E-state index contributed by atoms with van der Waals surface area (Å²) in [6, 6.07) is 7.53. The Labute approximate surface area is 143 Å². The Kier molecular flexibility index (Phi) is 4.73. The number of hydrogen-bond donors (Lipinski definition) is 0. The Balaban J connectivity index is 1.72. The quantitative estimate of drug-likeness (QED) is 0.852. The van der Waals surface area contributed by atoms with E-state index in [4.69, 9.17) is 0 Å². The van der Waals surface area contributed by atoms with Crippen LogP contribution >= 0.6 is 0 Å². The number of aromatic nitrogens is 3. The molecular formula is C17H24N4O2S. The molecule has 0 aliphatic carbocycles. The lowest BCUT2D eigenvalue weighted by Crippen LogP contribution is -2.39. The van der Waals surface area contributed by atoms with Gasteiger partial charge in [-0.1, -0.05) is 26.0 Å². The van der Waals surface area contributed by atoms with E-state index in [0.717, 1.165) is 24.2 Å². The lowest BCUT2D eigenvalue weighted by molar-refractivity contribution is 0.271. The number of rotatable bonds is 4. The van der Waals surface area contributed by atoms with Crippen LogP contribution in [-0.4, -0.2) is 40.6 Å². The van der Waals surface area contributed by atoms with Gasteiger partial charge >= 0.3 is 0 Å². The van der Waals surface area contributed by atoms with Gasteiger partial charge in [0.2, 0.25) is 10.0 Å². The first-order valence-corrected chi connectivity index (χ1v) is 9.80. The Morgan fingerprint density at radius 3 is 2.25 bits per heavy atom. The van der Waals surface area contributed by atoms with E-state index in [9.17, 15) is 8.42 Å². The second kappa shape index (κ2) is 6.64. The predicted octanol–water partition coefficient (Wildman–Crippen LogP) is 2.74. The maximum absolute atomic E-state index is 12.8. The van der Waals surface area contributed by atoms with Crippen molar-refractivity contribution in [1.29, 1.82) is 0 Å². The average Bonchev–Trinajstić information content (AvgIpc) is 3.01. The molecule has 0 spiro atoms. The summed E-state index contributed by atoms with van der Waals surface area (Å²) in [7, 11) is -3.41. The molecule has 0 amide bonds. The Bertz CT molecular complexity index is 788. The summed E-state index contributed by atoms with van der Waals surface area (Å²) in [4.78, 5) is 0.380. The van der Waals surface area contributed by atoms with Crippen molar-refractivity contribution in [3.8, 4) is 0 Å². The van der Waals surface area contributed by atoms with Gasteiger partial charge in [0.25, 0.3) is 0 Å². The Hall–Kier alpha value is -1.73. The van der Waals surface area contributed by atoms with Gasteiger partial charge in [-0.15, -0.1) is 10.2 Å². The number of hydrogen-bond acceptors (Lipinski definition) is 4. The van der Waals surface area contributed by atoms with Crippen LogP contribution in [0.25, 0.3) is 0 Å². The maximum Gasteiger partial charge on any atom is 0.243 e. The first kappa shape index (κ1) is 17.1. The summed E-state index contributed by atoms with van der Waals surface area (Å²) in [5, 5.41) is 7.93. The summed E-state index contributed by atoms with van der Waals surface area (Å²) in [5.74, 6) is 1.27. The van der Waals surface area contributed by atoms with Gasteiger partial charge < -0.3 is 4.57 Å². The van der Waals surface area contributed by atoms with Crippen LogP contribution in [0.5, 0.6) is 0 Å². The molecule has 1 aliphatic rings. The standard InChI is InChI=1S/C17H24N4O2S/c1-13(2)15-4-6-17(7-5-15)24(22,23)20-10-8-16(9-11-20)21-12-18-19-14(21)3/h4-7,12-13,16H,8-11H2,1-3H3. The van der Waals surface area contributed by atoms with E-state index in [1.54, 1.807) is 22.8 Å². The monoisotopic (exact) mass is 348 g/mol. The molecule has 3 rings (SSSR count). The zero-order valence-corrected chi connectivity index (χ0v) is 15.2. The third-order valence-corrected chi connectivity index (χ3v) is 6.67. The van der Waals surface area contributed by atoms with E-state index in [1.807, 2.05) is 23.6 Å². The maximum atomic E-state index is 12.8. The molecule has 0 N–H and O–H groups in total. The lowest BCUT2D eigenvalue weighted by atomic mass is 10.0. The van der Waals surface area contributed by atoms with Crippen LogP contribution < -0.4 is 0 Å². The molecule has 0 unspecified atom stereocenters.